The zero-order valence-corrected chi connectivity index (χ0v) is 18.9. The standard InChI is InChI=1S/C23H25N5O5/c1-15-5-7-18(8-6-15)14-33-20-10-9-19(11-21(20)32-4)12-24-25-22(29)13-27-17(3)23(28(30)31)16(2)26-27/h5-12H,13-14H2,1-4H3,(H,25,29)/b24-12+. The van der Waals surface area contributed by atoms with Crippen LogP contribution in [0.1, 0.15) is 28.1 Å². The van der Waals surface area contributed by atoms with Crippen molar-refractivity contribution in [2.75, 3.05) is 7.11 Å². The fourth-order valence-electron chi connectivity index (χ4n) is 3.18. The molecule has 0 saturated carbocycles. The van der Waals surface area contributed by atoms with Gasteiger partial charge in [0, 0.05) is 0 Å². The van der Waals surface area contributed by atoms with Gasteiger partial charge in [0.15, 0.2) is 11.5 Å². The molecule has 0 aliphatic heterocycles. The molecule has 1 heterocycles. The maximum Gasteiger partial charge on any atom is 0.312 e. The second kappa shape index (κ2) is 10.4. The van der Waals surface area contributed by atoms with Crippen LogP contribution in [0.2, 0.25) is 0 Å². The van der Waals surface area contributed by atoms with Gasteiger partial charge in [-0.3, -0.25) is 19.6 Å². The van der Waals surface area contributed by atoms with Crippen LogP contribution in [0.25, 0.3) is 0 Å². The SMILES string of the molecule is COc1cc(/C=N/NC(=O)Cn2nc(C)c([N+](=O)[O-])c2C)ccc1OCc1ccc(C)cc1. The normalized spacial score (nSPS) is 10.9. The number of methoxy groups -OCH3 is 1. The van der Waals surface area contributed by atoms with E-state index in [4.69, 9.17) is 9.47 Å². The summed E-state index contributed by atoms with van der Waals surface area (Å²) in [5.41, 5.74) is 5.78. The molecule has 0 spiro atoms. The minimum absolute atomic E-state index is 0.0944. The third-order valence-electron chi connectivity index (χ3n) is 4.92. The van der Waals surface area contributed by atoms with E-state index in [2.05, 4.69) is 15.6 Å². The first kappa shape index (κ1) is 23.5. The van der Waals surface area contributed by atoms with Crippen molar-refractivity contribution in [3.05, 3.63) is 80.7 Å². The van der Waals surface area contributed by atoms with Gasteiger partial charge in [-0.1, -0.05) is 29.8 Å². The second-order valence-electron chi connectivity index (χ2n) is 7.41. The summed E-state index contributed by atoms with van der Waals surface area (Å²) < 4.78 is 12.5. The molecular formula is C23H25N5O5. The summed E-state index contributed by atoms with van der Waals surface area (Å²) in [6.07, 6.45) is 1.47. The molecule has 0 aliphatic carbocycles. The van der Waals surface area contributed by atoms with Crippen LogP contribution in [0.4, 0.5) is 5.69 Å². The Bertz CT molecular complexity index is 1180. The van der Waals surface area contributed by atoms with E-state index < -0.39 is 10.8 Å². The number of carbonyl (C=O) groups is 1. The number of hydrazone groups is 1. The first-order valence-electron chi connectivity index (χ1n) is 10.1. The Kier molecular flexibility index (Phi) is 7.39. The van der Waals surface area contributed by atoms with Crippen LogP contribution < -0.4 is 14.9 Å². The van der Waals surface area contributed by atoms with Crippen molar-refractivity contribution in [3.63, 3.8) is 0 Å². The van der Waals surface area contributed by atoms with Gasteiger partial charge in [-0.2, -0.15) is 10.2 Å². The van der Waals surface area contributed by atoms with Crippen molar-refractivity contribution in [3.8, 4) is 11.5 Å². The summed E-state index contributed by atoms with van der Waals surface area (Å²) in [5, 5.41) is 19.1. The van der Waals surface area contributed by atoms with Gasteiger partial charge in [0.05, 0.1) is 18.2 Å². The Morgan fingerprint density at radius 1 is 1.18 bits per heavy atom. The molecule has 0 saturated heterocycles. The van der Waals surface area contributed by atoms with E-state index in [-0.39, 0.29) is 17.9 Å². The number of hydrogen-bond acceptors (Lipinski definition) is 7. The van der Waals surface area contributed by atoms with Crippen LogP contribution in [0.3, 0.4) is 0 Å². The Hall–Kier alpha value is -4.21. The van der Waals surface area contributed by atoms with Gasteiger partial charge < -0.3 is 9.47 Å². The third kappa shape index (κ3) is 5.94. The highest BCUT2D eigenvalue weighted by atomic mass is 16.6. The molecule has 10 nitrogen and oxygen atoms in total. The molecule has 0 unspecified atom stereocenters. The fourth-order valence-corrected chi connectivity index (χ4v) is 3.18. The molecule has 10 heteroatoms. The van der Waals surface area contributed by atoms with E-state index in [9.17, 15) is 14.9 Å². The van der Waals surface area contributed by atoms with Crippen molar-refractivity contribution in [1.82, 2.24) is 15.2 Å². The molecule has 0 fully saturated rings. The summed E-state index contributed by atoms with van der Waals surface area (Å²) in [7, 11) is 1.55. The summed E-state index contributed by atoms with van der Waals surface area (Å²) in [6.45, 7) is 5.32. The molecule has 0 aliphatic rings. The lowest BCUT2D eigenvalue weighted by Crippen LogP contribution is -2.24. The monoisotopic (exact) mass is 451 g/mol. The number of ether oxygens (including phenoxy) is 2. The predicted octanol–water partition coefficient (Wildman–Crippen LogP) is 3.45. The number of rotatable bonds is 9. The van der Waals surface area contributed by atoms with Gasteiger partial charge in [0.1, 0.15) is 24.5 Å². The number of hydrogen-bond donors (Lipinski definition) is 1. The molecule has 3 aromatic rings. The van der Waals surface area contributed by atoms with Crippen molar-refractivity contribution in [1.29, 1.82) is 0 Å². The van der Waals surface area contributed by atoms with E-state index >= 15 is 0 Å². The van der Waals surface area contributed by atoms with Crippen LogP contribution in [-0.4, -0.2) is 33.9 Å². The Balaban J connectivity index is 1.59. The van der Waals surface area contributed by atoms with Crippen LogP contribution in [-0.2, 0) is 17.9 Å². The van der Waals surface area contributed by atoms with Gasteiger partial charge >= 0.3 is 5.69 Å². The Labute approximate surface area is 191 Å². The van der Waals surface area contributed by atoms with E-state index in [1.807, 2.05) is 31.2 Å². The minimum atomic E-state index is -0.508. The van der Waals surface area contributed by atoms with Gasteiger partial charge in [0.2, 0.25) is 0 Å². The van der Waals surface area contributed by atoms with Crippen molar-refractivity contribution < 1.29 is 19.2 Å². The summed E-state index contributed by atoms with van der Waals surface area (Å²) >= 11 is 0. The largest absolute Gasteiger partial charge is 0.493 e. The molecule has 1 aromatic heterocycles. The number of carbonyl (C=O) groups excluding carboxylic acids is 1. The van der Waals surface area contributed by atoms with E-state index in [1.54, 1.807) is 32.2 Å². The molecule has 0 bridgehead atoms. The molecular weight excluding hydrogens is 426 g/mol. The smallest absolute Gasteiger partial charge is 0.312 e. The predicted molar refractivity (Wildman–Crippen MR) is 123 cm³/mol. The van der Waals surface area contributed by atoms with Crippen molar-refractivity contribution >= 4 is 17.8 Å². The lowest BCUT2D eigenvalue weighted by atomic mass is 10.2. The molecule has 172 valence electrons. The molecule has 33 heavy (non-hydrogen) atoms. The minimum Gasteiger partial charge on any atom is -0.493 e. The van der Waals surface area contributed by atoms with E-state index in [0.717, 1.165) is 5.56 Å². The maximum atomic E-state index is 12.2. The highest BCUT2D eigenvalue weighted by Crippen LogP contribution is 2.28. The number of amides is 1. The molecule has 1 amide bonds. The maximum absolute atomic E-state index is 12.2. The van der Waals surface area contributed by atoms with E-state index in [1.165, 1.54) is 23.4 Å². The highest BCUT2D eigenvalue weighted by molar-refractivity contribution is 5.83. The number of nitro groups is 1. The van der Waals surface area contributed by atoms with Crippen LogP contribution in [0, 0.1) is 30.9 Å². The third-order valence-corrected chi connectivity index (χ3v) is 4.92. The second-order valence-corrected chi connectivity index (χ2v) is 7.41. The topological polar surface area (TPSA) is 121 Å². The number of nitrogens with zero attached hydrogens (tertiary/aromatic N) is 4. The number of nitrogens with one attached hydrogen (secondary N) is 1. The number of aryl methyl sites for hydroxylation is 2. The fraction of sp³-hybridized carbons (Fsp3) is 0.261. The zero-order valence-electron chi connectivity index (χ0n) is 18.9. The van der Waals surface area contributed by atoms with Gasteiger partial charge in [0.25, 0.3) is 5.91 Å². The highest BCUT2D eigenvalue weighted by Gasteiger charge is 2.22. The Morgan fingerprint density at radius 2 is 1.91 bits per heavy atom. The van der Waals surface area contributed by atoms with Gasteiger partial charge in [-0.15, -0.1) is 0 Å². The lowest BCUT2D eigenvalue weighted by molar-refractivity contribution is -0.386. The summed E-state index contributed by atoms with van der Waals surface area (Å²) in [5.74, 6) is 0.662. The molecule has 3 rings (SSSR count). The van der Waals surface area contributed by atoms with Crippen LogP contribution in [0.5, 0.6) is 11.5 Å². The average molecular weight is 451 g/mol. The number of aromatic nitrogens is 2. The zero-order chi connectivity index (χ0) is 24.0. The van der Waals surface area contributed by atoms with Gasteiger partial charge in [-0.25, -0.2) is 5.43 Å². The van der Waals surface area contributed by atoms with Crippen molar-refractivity contribution in [2.45, 2.75) is 33.9 Å². The summed E-state index contributed by atoms with van der Waals surface area (Å²) in [4.78, 5) is 22.7. The molecule has 0 radical (unpaired) electrons. The van der Waals surface area contributed by atoms with Crippen LogP contribution in [0.15, 0.2) is 47.6 Å². The molecule has 0 atom stereocenters. The average Bonchev–Trinajstić information content (AvgIpc) is 3.06. The quantitative estimate of drug-likeness (QED) is 0.302. The lowest BCUT2D eigenvalue weighted by Gasteiger charge is -2.11. The molecule has 2 aromatic carbocycles. The first-order valence-corrected chi connectivity index (χ1v) is 10.1. The Morgan fingerprint density at radius 3 is 2.55 bits per heavy atom. The van der Waals surface area contributed by atoms with Crippen LogP contribution >= 0.6 is 0 Å². The number of benzene rings is 2. The first-order chi connectivity index (χ1) is 15.8. The van der Waals surface area contributed by atoms with E-state index in [0.29, 0.717) is 29.4 Å². The van der Waals surface area contributed by atoms with Gasteiger partial charge in [-0.05, 0) is 50.1 Å². The summed E-state index contributed by atoms with van der Waals surface area (Å²) in [6, 6.07) is 13.4. The molecule has 1 N–H and O–H groups in total. The van der Waals surface area contributed by atoms with Crippen molar-refractivity contribution in [2.24, 2.45) is 5.10 Å².